The van der Waals surface area contributed by atoms with Crippen LogP contribution in [-0.2, 0) is 20.3 Å². The van der Waals surface area contributed by atoms with Crippen molar-refractivity contribution in [2.45, 2.75) is 20.1 Å². The molecule has 34 heavy (non-hydrogen) atoms. The second-order valence-corrected chi connectivity index (χ2v) is 8.72. The molecule has 168 valence electrons. The van der Waals surface area contributed by atoms with Gasteiger partial charge in [0.05, 0.1) is 13.2 Å². The molecule has 1 heterocycles. The number of aromatic nitrogens is 1. The van der Waals surface area contributed by atoms with Crippen molar-refractivity contribution >= 4 is 10.8 Å². The highest BCUT2D eigenvalue weighted by atomic mass is 16.3. The zero-order chi connectivity index (χ0) is 23.7. The number of hydrogen-bond donors (Lipinski definition) is 2. The number of aryl methyl sites for hydroxylation is 1. The van der Waals surface area contributed by atoms with E-state index in [9.17, 15) is 10.2 Å². The summed E-state index contributed by atoms with van der Waals surface area (Å²) in [5.41, 5.74) is 9.66. The number of benzene rings is 4. The molecule has 0 atom stereocenters. The minimum Gasteiger partial charge on any atom is -0.392 e. The highest BCUT2D eigenvalue weighted by molar-refractivity contribution is 5.88. The lowest BCUT2D eigenvalue weighted by Gasteiger charge is -2.12. The van der Waals surface area contributed by atoms with Crippen LogP contribution >= 0.6 is 0 Å². The third-order valence-corrected chi connectivity index (χ3v) is 6.74. The lowest BCUT2D eigenvalue weighted by atomic mass is 9.96. The van der Waals surface area contributed by atoms with E-state index in [2.05, 4.69) is 97.4 Å². The summed E-state index contributed by atoms with van der Waals surface area (Å²) in [4.78, 5) is 0. The lowest BCUT2D eigenvalue weighted by Crippen LogP contribution is -2.35. The molecule has 0 aliphatic rings. The maximum absolute atomic E-state index is 9.76. The second kappa shape index (κ2) is 9.22. The van der Waals surface area contributed by atoms with Gasteiger partial charge in [-0.25, -0.2) is 0 Å². The van der Waals surface area contributed by atoms with Gasteiger partial charge >= 0.3 is 0 Å². The molecule has 0 fully saturated rings. The molecule has 0 aliphatic carbocycles. The number of fused-ring (bicyclic) bond motifs is 1. The van der Waals surface area contributed by atoms with Crippen molar-refractivity contribution in [1.29, 1.82) is 0 Å². The highest BCUT2D eigenvalue weighted by Crippen LogP contribution is 2.30. The van der Waals surface area contributed by atoms with E-state index in [1.807, 2.05) is 18.2 Å². The Kier molecular flexibility index (Phi) is 5.97. The number of pyridine rings is 1. The largest absolute Gasteiger partial charge is 0.392 e. The molecule has 0 amide bonds. The minimum atomic E-state index is -0.0876. The van der Waals surface area contributed by atoms with Crippen LogP contribution in [0, 0.1) is 6.92 Å². The monoisotopic (exact) mass is 446 g/mol. The summed E-state index contributed by atoms with van der Waals surface area (Å²) in [7, 11) is 2.07. The Bertz CT molecular complexity index is 1470. The van der Waals surface area contributed by atoms with E-state index in [1.165, 1.54) is 22.3 Å². The Morgan fingerprint density at radius 1 is 0.588 bits per heavy atom. The van der Waals surface area contributed by atoms with E-state index in [1.54, 1.807) is 0 Å². The molecule has 0 saturated carbocycles. The number of nitrogens with zero attached hydrogens (tertiary/aromatic N) is 1. The number of hydrogen-bond acceptors (Lipinski definition) is 2. The summed E-state index contributed by atoms with van der Waals surface area (Å²) in [6, 6.07) is 33.9. The molecule has 2 N–H and O–H groups in total. The van der Waals surface area contributed by atoms with Crippen LogP contribution in [0.25, 0.3) is 44.3 Å². The van der Waals surface area contributed by atoms with Crippen molar-refractivity contribution < 1.29 is 14.8 Å². The standard InChI is InChI=1S/C31H28NO2/c1-21-30-17-29(20-34)28(19-33)16-27(30)18-31(32(21)2)26-10-6-9-25(15-26)24-13-11-23(12-14-24)22-7-4-3-5-8-22/h3-18,33-34H,19-20H2,1-2H3/q+1. The Hall–Kier alpha value is -3.79. The highest BCUT2D eigenvalue weighted by Gasteiger charge is 2.18. The van der Waals surface area contributed by atoms with Crippen LogP contribution in [0.1, 0.15) is 16.8 Å². The average Bonchev–Trinajstić information content (AvgIpc) is 2.90. The first-order valence-corrected chi connectivity index (χ1v) is 11.5. The van der Waals surface area contributed by atoms with Gasteiger partial charge < -0.3 is 10.2 Å². The SMILES string of the molecule is Cc1c2cc(CO)c(CO)cc2cc(-c2cccc(-c3ccc(-c4ccccc4)cc3)c2)[n+]1C. The summed E-state index contributed by atoms with van der Waals surface area (Å²) in [6.07, 6.45) is 0. The van der Waals surface area contributed by atoms with Crippen LogP contribution in [0.2, 0.25) is 0 Å². The van der Waals surface area contributed by atoms with Crippen molar-refractivity contribution in [3.8, 4) is 33.5 Å². The van der Waals surface area contributed by atoms with Gasteiger partial charge in [-0.2, -0.15) is 4.57 Å². The van der Waals surface area contributed by atoms with Gasteiger partial charge in [-0.05, 0) is 63.0 Å². The summed E-state index contributed by atoms with van der Waals surface area (Å²) < 4.78 is 2.19. The number of rotatable bonds is 5. The topological polar surface area (TPSA) is 44.3 Å². The third-order valence-electron chi connectivity index (χ3n) is 6.74. The Labute approximate surface area is 200 Å². The third kappa shape index (κ3) is 4.01. The second-order valence-electron chi connectivity index (χ2n) is 8.72. The van der Waals surface area contributed by atoms with Crippen LogP contribution in [0.5, 0.6) is 0 Å². The molecule has 0 bridgehead atoms. The molecule has 3 heteroatoms. The maximum Gasteiger partial charge on any atom is 0.213 e. The van der Waals surface area contributed by atoms with Crippen molar-refractivity contribution in [1.82, 2.24) is 0 Å². The van der Waals surface area contributed by atoms with Gasteiger partial charge in [0.2, 0.25) is 5.69 Å². The van der Waals surface area contributed by atoms with Gasteiger partial charge in [0.25, 0.3) is 0 Å². The molecule has 3 nitrogen and oxygen atoms in total. The molecule has 4 aromatic carbocycles. The molecule has 0 spiro atoms. The first-order chi connectivity index (χ1) is 16.6. The maximum atomic E-state index is 9.76. The average molecular weight is 447 g/mol. The summed E-state index contributed by atoms with van der Waals surface area (Å²) in [5, 5.41) is 21.6. The van der Waals surface area contributed by atoms with E-state index in [0.717, 1.165) is 38.9 Å². The van der Waals surface area contributed by atoms with Crippen LogP contribution in [0.3, 0.4) is 0 Å². The van der Waals surface area contributed by atoms with Crippen LogP contribution in [-0.4, -0.2) is 10.2 Å². The quantitative estimate of drug-likeness (QED) is 0.327. The van der Waals surface area contributed by atoms with Gasteiger partial charge in [-0.3, -0.25) is 0 Å². The summed E-state index contributed by atoms with van der Waals surface area (Å²) in [6.45, 7) is 1.93. The van der Waals surface area contributed by atoms with E-state index in [0.29, 0.717) is 0 Å². The van der Waals surface area contributed by atoms with Gasteiger partial charge in [0.15, 0.2) is 5.69 Å². The molecule has 0 radical (unpaired) electrons. The van der Waals surface area contributed by atoms with Crippen LogP contribution < -0.4 is 4.57 Å². The minimum absolute atomic E-state index is 0.0815. The van der Waals surface area contributed by atoms with E-state index < -0.39 is 0 Å². The zero-order valence-corrected chi connectivity index (χ0v) is 19.5. The Morgan fingerprint density at radius 3 is 1.82 bits per heavy atom. The Morgan fingerprint density at radius 2 is 1.15 bits per heavy atom. The number of aliphatic hydroxyl groups excluding tert-OH is 2. The molecular formula is C31H28NO2+. The fourth-order valence-electron chi connectivity index (χ4n) is 4.66. The van der Waals surface area contributed by atoms with E-state index in [-0.39, 0.29) is 13.2 Å². The molecule has 1 aromatic heterocycles. The molecule has 0 saturated heterocycles. The van der Waals surface area contributed by atoms with Crippen molar-refractivity contribution in [3.05, 3.63) is 114 Å². The smallest absolute Gasteiger partial charge is 0.213 e. The molecule has 5 aromatic rings. The lowest BCUT2D eigenvalue weighted by molar-refractivity contribution is -0.665. The normalized spacial score (nSPS) is 11.2. The molecule has 0 aliphatic heterocycles. The fourth-order valence-corrected chi connectivity index (χ4v) is 4.66. The molecular weight excluding hydrogens is 418 g/mol. The van der Waals surface area contributed by atoms with E-state index in [4.69, 9.17) is 0 Å². The Balaban J connectivity index is 1.56. The molecule has 0 unspecified atom stereocenters. The summed E-state index contributed by atoms with van der Waals surface area (Å²) in [5.74, 6) is 0. The van der Waals surface area contributed by atoms with Gasteiger partial charge in [-0.1, -0.05) is 66.7 Å². The fraction of sp³-hybridized carbons (Fsp3) is 0.129. The van der Waals surface area contributed by atoms with Crippen LogP contribution in [0.4, 0.5) is 0 Å². The van der Waals surface area contributed by atoms with Gasteiger partial charge in [-0.15, -0.1) is 0 Å². The van der Waals surface area contributed by atoms with Gasteiger partial charge in [0, 0.05) is 23.9 Å². The first kappa shape index (κ1) is 22.0. The molecule has 5 rings (SSSR count). The predicted molar refractivity (Wildman–Crippen MR) is 138 cm³/mol. The first-order valence-electron chi connectivity index (χ1n) is 11.5. The van der Waals surface area contributed by atoms with Gasteiger partial charge in [0.1, 0.15) is 7.05 Å². The van der Waals surface area contributed by atoms with Crippen LogP contribution in [0.15, 0.2) is 97.1 Å². The zero-order valence-electron chi connectivity index (χ0n) is 19.5. The van der Waals surface area contributed by atoms with E-state index >= 15 is 0 Å². The van der Waals surface area contributed by atoms with Crippen molar-refractivity contribution in [2.75, 3.05) is 0 Å². The number of aliphatic hydroxyl groups is 2. The summed E-state index contributed by atoms with van der Waals surface area (Å²) >= 11 is 0. The van der Waals surface area contributed by atoms with Crippen molar-refractivity contribution in [2.24, 2.45) is 7.05 Å². The predicted octanol–water partition coefficient (Wildman–Crippen LogP) is 5.96. The van der Waals surface area contributed by atoms with Crippen molar-refractivity contribution in [3.63, 3.8) is 0 Å².